The highest BCUT2D eigenvalue weighted by molar-refractivity contribution is 7.12. The zero-order chi connectivity index (χ0) is 33.9. The van der Waals surface area contributed by atoms with E-state index < -0.39 is 11.9 Å². The number of esters is 1. The number of nitrogens with zero attached hydrogens (tertiary/aromatic N) is 2. The van der Waals surface area contributed by atoms with Gasteiger partial charge in [0.1, 0.15) is 0 Å². The minimum Gasteiger partial charge on any atom is -0.466 e. The molecule has 0 amide bonds. The number of hydroxylamine groups is 1. The molecule has 244 valence electrons. The summed E-state index contributed by atoms with van der Waals surface area (Å²) in [5.41, 5.74) is 11.0. The molecule has 2 heterocycles. The molecule has 0 saturated carbocycles. The first-order chi connectivity index (χ1) is 23.1. The van der Waals surface area contributed by atoms with Crippen LogP contribution in [-0.4, -0.2) is 40.6 Å². The van der Waals surface area contributed by atoms with Crippen molar-refractivity contribution in [2.24, 2.45) is 5.16 Å². The third-order valence-electron chi connectivity index (χ3n) is 8.06. The number of fused-ring (bicyclic) bond motifs is 4. The van der Waals surface area contributed by atoms with Crippen molar-refractivity contribution in [3.63, 3.8) is 0 Å². The van der Waals surface area contributed by atoms with E-state index in [1.165, 1.54) is 25.2 Å². The van der Waals surface area contributed by atoms with Crippen molar-refractivity contribution in [1.29, 1.82) is 0 Å². The maximum absolute atomic E-state index is 13.4. The molecule has 6 rings (SSSR count). The molecular weight excluding hydrogens is 630 g/mol. The van der Waals surface area contributed by atoms with Crippen molar-refractivity contribution in [3.05, 3.63) is 105 Å². The molecule has 10 nitrogen and oxygen atoms in total. The van der Waals surface area contributed by atoms with Crippen LogP contribution >= 0.6 is 11.3 Å². The first-order valence-electron chi connectivity index (χ1n) is 15.5. The zero-order valence-electron chi connectivity index (χ0n) is 26.9. The minimum absolute atomic E-state index is 0.0475. The Hall–Kier alpha value is -5.55. The standard InChI is InChI=1S/C37H33N3O7S/c1-5-45-35(43)15-13-31(38-46-22(3)41)24-8-11-27(12-9-24)40-32-14-10-25(37(44)34-7-6-16-48-34)18-29(32)30-20-28-26(19-33(30)40)17-21(2)36(28)39-47-23(4)42/h6-12,14,16,18-20,39H,5,13,15,17H2,1-4H3. The first-order valence-corrected chi connectivity index (χ1v) is 16.4. The van der Waals surface area contributed by atoms with E-state index in [2.05, 4.69) is 27.3 Å². The van der Waals surface area contributed by atoms with E-state index in [-0.39, 0.29) is 31.2 Å². The Labute approximate surface area is 280 Å². The highest BCUT2D eigenvalue weighted by Gasteiger charge is 2.24. The lowest BCUT2D eigenvalue weighted by molar-refractivity contribution is -0.145. The number of aromatic nitrogens is 1. The summed E-state index contributed by atoms with van der Waals surface area (Å²) in [6.45, 7) is 6.62. The van der Waals surface area contributed by atoms with Crippen LogP contribution in [0.15, 0.2) is 82.8 Å². The summed E-state index contributed by atoms with van der Waals surface area (Å²) >= 11 is 1.40. The Kier molecular flexibility index (Phi) is 9.22. The molecule has 11 heteroatoms. The molecule has 0 fully saturated rings. The number of oxime groups is 1. The van der Waals surface area contributed by atoms with Gasteiger partial charge >= 0.3 is 17.9 Å². The predicted molar refractivity (Wildman–Crippen MR) is 184 cm³/mol. The molecule has 0 saturated heterocycles. The summed E-state index contributed by atoms with van der Waals surface area (Å²) in [6.07, 6.45) is 0.986. The summed E-state index contributed by atoms with van der Waals surface area (Å²) in [6, 6.07) is 21.3. The van der Waals surface area contributed by atoms with Crippen LogP contribution in [0, 0.1) is 0 Å². The zero-order valence-corrected chi connectivity index (χ0v) is 27.7. The van der Waals surface area contributed by atoms with Crippen molar-refractivity contribution in [1.82, 2.24) is 10.0 Å². The summed E-state index contributed by atoms with van der Waals surface area (Å²) in [7, 11) is 0. The SMILES string of the molecule is CCOC(=O)CCC(=NOC(C)=O)c1ccc(-n2c3ccc(C(=O)c4cccs4)cc3c3cc4c(cc32)CC(C)=C4NOC(C)=O)cc1. The first kappa shape index (κ1) is 32.4. The van der Waals surface area contributed by atoms with Gasteiger partial charge in [-0.05, 0) is 90.9 Å². The van der Waals surface area contributed by atoms with E-state index in [1.807, 2.05) is 66.9 Å². The normalized spacial score (nSPS) is 12.7. The third-order valence-corrected chi connectivity index (χ3v) is 8.93. The van der Waals surface area contributed by atoms with Crippen LogP contribution in [0.5, 0.6) is 0 Å². The molecule has 0 aliphatic heterocycles. The van der Waals surface area contributed by atoms with Gasteiger partial charge in [-0.25, -0.2) is 10.3 Å². The summed E-state index contributed by atoms with van der Waals surface area (Å²) in [4.78, 5) is 59.3. The molecule has 5 aromatic rings. The minimum atomic E-state index is -0.564. The number of hydrogen-bond donors (Lipinski definition) is 1. The van der Waals surface area contributed by atoms with E-state index >= 15 is 0 Å². The monoisotopic (exact) mass is 663 g/mol. The highest BCUT2D eigenvalue weighted by atomic mass is 32.1. The van der Waals surface area contributed by atoms with E-state index in [4.69, 9.17) is 14.4 Å². The number of benzene rings is 3. The smallest absolute Gasteiger partial charge is 0.331 e. The largest absolute Gasteiger partial charge is 0.466 e. The average molecular weight is 664 g/mol. The van der Waals surface area contributed by atoms with Crippen LogP contribution < -0.4 is 5.48 Å². The highest BCUT2D eigenvalue weighted by Crippen LogP contribution is 2.40. The molecule has 3 aromatic carbocycles. The van der Waals surface area contributed by atoms with Gasteiger partial charge in [0, 0.05) is 47.9 Å². The summed E-state index contributed by atoms with van der Waals surface area (Å²) < 4.78 is 7.20. The number of allylic oxidation sites excluding steroid dienone is 1. The van der Waals surface area contributed by atoms with E-state index in [0.29, 0.717) is 28.1 Å². The van der Waals surface area contributed by atoms with Crippen LogP contribution in [0.3, 0.4) is 0 Å². The number of nitrogens with one attached hydrogen (secondary N) is 1. The quantitative estimate of drug-likeness (QED) is 0.0525. The number of rotatable bonds is 11. The fraction of sp³-hybridized carbons (Fsp3) is 0.216. The van der Waals surface area contributed by atoms with Gasteiger partial charge in [0.15, 0.2) is 0 Å². The molecule has 1 aliphatic carbocycles. The van der Waals surface area contributed by atoms with Crippen molar-refractivity contribution < 1.29 is 33.6 Å². The Morgan fingerprint density at radius 2 is 1.65 bits per heavy atom. The second-order valence-corrected chi connectivity index (χ2v) is 12.3. The van der Waals surface area contributed by atoms with Gasteiger partial charge in [-0.3, -0.25) is 14.4 Å². The van der Waals surface area contributed by atoms with Gasteiger partial charge in [-0.2, -0.15) is 0 Å². The molecule has 1 N–H and O–H groups in total. The third kappa shape index (κ3) is 6.50. The molecule has 48 heavy (non-hydrogen) atoms. The molecule has 0 unspecified atom stereocenters. The van der Waals surface area contributed by atoms with Gasteiger partial charge in [-0.1, -0.05) is 23.4 Å². The number of thiophene rings is 1. The van der Waals surface area contributed by atoms with Crippen molar-refractivity contribution >= 4 is 68.2 Å². The molecule has 2 aromatic heterocycles. The maximum Gasteiger partial charge on any atom is 0.331 e. The second kappa shape index (κ2) is 13.7. The van der Waals surface area contributed by atoms with E-state index in [1.54, 1.807) is 6.92 Å². The van der Waals surface area contributed by atoms with Crippen LogP contribution in [0.4, 0.5) is 0 Å². The van der Waals surface area contributed by atoms with Crippen LogP contribution in [0.1, 0.15) is 72.5 Å². The van der Waals surface area contributed by atoms with E-state index in [0.717, 1.165) is 49.9 Å². The van der Waals surface area contributed by atoms with Crippen molar-refractivity contribution in [2.75, 3.05) is 6.61 Å². The van der Waals surface area contributed by atoms with Gasteiger partial charge in [0.25, 0.3) is 0 Å². The molecule has 0 spiro atoms. The Morgan fingerprint density at radius 1 is 0.896 bits per heavy atom. The Morgan fingerprint density at radius 3 is 2.33 bits per heavy atom. The molecule has 1 aliphatic rings. The summed E-state index contributed by atoms with van der Waals surface area (Å²) in [5, 5.41) is 7.73. The van der Waals surface area contributed by atoms with Crippen LogP contribution in [0.25, 0.3) is 33.2 Å². The van der Waals surface area contributed by atoms with Crippen LogP contribution in [0.2, 0.25) is 0 Å². The molecule has 0 atom stereocenters. The fourth-order valence-electron chi connectivity index (χ4n) is 5.94. The predicted octanol–water partition coefficient (Wildman–Crippen LogP) is 7.04. The van der Waals surface area contributed by atoms with Crippen molar-refractivity contribution in [3.8, 4) is 5.69 Å². The molecule has 0 bridgehead atoms. The van der Waals surface area contributed by atoms with Gasteiger partial charge in [0.2, 0.25) is 5.78 Å². The average Bonchev–Trinajstić information content (AvgIpc) is 3.78. The molecular formula is C37H33N3O7S. The van der Waals surface area contributed by atoms with Gasteiger partial charge in [-0.15, -0.1) is 11.3 Å². The van der Waals surface area contributed by atoms with E-state index in [9.17, 15) is 19.2 Å². The maximum atomic E-state index is 13.4. The lowest BCUT2D eigenvalue weighted by Gasteiger charge is -2.12. The second-order valence-electron chi connectivity index (χ2n) is 11.4. The number of ketones is 1. The number of carbonyl (C=O) groups is 4. The molecule has 0 radical (unpaired) electrons. The van der Waals surface area contributed by atoms with Gasteiger partial charge < -0.3 is 19.0 Å². The fourth-order valence-corrected chi connectivity index (χ4v) is 6.63. The number of ether oxygens (including phenoxy) is 1. The van der Waals surface area contributed by atoms with Crippen molar-refractivity contribution in [2.45, 2.75) is 47.0 Å². The Balaban J connectivity index is 1.46. The number of hydrogen-bond acceptors (Lipinski definition) is 10. The topological polar surface area (TPSA) is 125 Å². The lowest BCUT2D eigenvalue weighted by atomic mass is 10.0. The van der Waals surface area contributed by atoms with Crippen LogP contribution in [-0.2, 0) is 35.2 Å². The Bertz CT molecular complexity index is 2140. The number of carbonyl (C=O) groups excluding carboxylic acids is 4. The summed E-state index contributed by atoms with van der Waals surface area (Å²) in [5.74, 6) is -1.42. The van der Waals surface area contributed by atoms with Gasteiger partial charge in [0.05, 0.1) is 40.3 Å². The lowest BCUT2D eigenvalue weighted by Crippen LogP contribution is -2.16.